The first-order chi connectivity index (χ1) is 8.40. The number of nitrogens with zero attached hydrogens (tertiary/aromatic N) is 1. The van der Waals surface area contributed by atoms with E-state index in [1.165, 1.54) is 5.39 Å². The van der Waals surface area contributed by atoms with Crippen molar-refractivity contribution >= 4 is 10.8 Å². The van der Waals surface area contributed by atoms with Crippen molar-refractivity contribution in [1.29, 1.82) is 0 Å². The van der Waals surface area contributed by atoms with Crippen molar-refractivity contribution in [1.82, 2.24) is 10.2 Å². The van der Waals surface area contributed by atoms with Crippen molar-refractivity contribution in [3.8, 4) is 16.9 Å². The molecule has 0 bridgehead atoms. The Hall–Kier alpha value is -2.29. The quantitative estimate of drug-likeness (QED) is 0.725. The summed E-state index contributed by atoms with van der Waals surface area (Å²) in [6.07, 6.45) is 3.72. The number of nitrogens with one attached hydrogen (secondary N) is 1. The van der Waals surface area contributed by atoms with Gasteiger partial charge in [-0.25, -0.2) is 0 Å². The molecule has 3 rings (SSSR count). The van der Waals surface area contributed by atoms with E-state index in [-0.39, 0.29) is 0 Å². The minimum atomic E-state index is 0.896. The van der Waals surface area contributed by atoms with E-state index in [1.54, 1.807) is 7.11 Å². The molecule has 3 heteroatoms. The summed E-state index contributed by atoms with van der Waals surface area (Å²) in [5.74, 6) is 0.896. The van der Waals surface area contributed by atoms with Crippen LogP contribution in [0.15, 0.2) is 48.8 Å². The zero-order valence-corrected chi connectivity index (χ0v) is 9.47. The van der Waals surface area contributed by atoms with E-state index in [2.05, 4.69) is 28.4 Å². The highest BCUT2D eigenvalue weighted by atomic mass is 16.5. The second-order valence-electron chi connectivity index (χ2n) is 3.85. The molecule has 0 aliphatic carbocycles. The van der Waals surface area contributed by atoms with E-state index >= 15 is 0 Å². The molecule has 3 nitrogen and oxygen atoms in total. The van der Waals surface area contributed by atoms with Crippen LogP contribution in [0.1, 0.15) is 0 Å². The van der Waals surface area contributed by atoms with Crippen molar-refractivity contribution in [2.75, 3.05) is 7.11 Å². The maximum atomic E-state index is 5.38. The van der Waals surface area contributed by atoms with Gasteiger partial charge < -0.3 is 4.74 Å². The fraction of sp³-hybridized carbons (Fsp3) is 0.0714. The third-order valence-corrected chi connectivity index (χ3v) is 2.91. The molecular formula is C14H12N2O. The SMILES string of the molecule is COc1ccc(-c2cn[nH]c2)c2ccccc12. The van der Waals surface area contributed by atoms with Gasteiger partial charge in [0.2, 0.25) is 0 Å². The molecule has 1 N–H and O–H groups in total. The fourth-order valence-electron chi connectivity index (χ4n) is 2.10. The first-order valence-corrected chi connectivity index (χ1v) is 5.45. The van der Waals surface area contributed by atoms with Crippen LogP contribution in [-0.4, -0.2) is 17.3 Å². The van der Waals surface area contributed by atoms with Crippen molar-refractivity contribution in [3.63, 3.8) is 0 Å². The number of aromatic nitrogens is 2. The second-order valence-corrected chi connectivity index (χ2v) is 3.85. The number of fused-ring (bicyclic) bond motifs is 1. The molecule has 0 aliphatic heterocycles. The molecule has 0 aliphatic rings. The van der Waals surface area contributed by atoms with Crippen LogP contribution in [0, 0.1) is 0 Å². The molecule has 2 aromatic carbocycles. The van der Waals surface area contributed by atoms with E-state index in [1.807, 2.05) is 30.6 Å². The number of rotatable bonds is 2. The molecule has 3 aromatic rings. The summed E-state index contributed by atoms with van der Waals surface area (Å²) in [5.41, 5.74) is 2.25. The Labute approximate surface area is 99.0 Å². The smallest absolute Gasteiger partial charge is 0.126 e. The molecule has 1 heterocycles. The van der Waals surface area contributed by atoms with Gasteiger partial charge in [0.05, 0.1) is 13.3 Å². The highest BCUT2D eigenvalue weighted by molar-refractivity contribution is 5.99. The maximum Gasteiger partial charge on any atom is 0.126 e. The van der Waals surface area contributed by atoms with Gasteiger partial charge in [-0.3, -0.25) is 5.10 Å². The lowest BCUT2D eigenvalue weighted by molar-refractivity contribution is 0.420. The summed E-state index contributed by atoms with van der Waals surface area (Å²) in [5, 5.41) is 9.13. The second kappa shape index (κ2) is 3.94. The van der Waals surface area contributed by atoms with Gasteiger partial charge in [-0.2, -0.15) is 5.10 Å². The number of ether oxygens (including phenoxy) is 1. The van der Waals surface area contributed by atoms with Crippen LogP contribution in [0.25, 0.3) is 21.9 Å². The fourth-order valence-corrected chi connectivity index (χ4v) is 2.10. The first-order valence-electron chi connectivity index (χ1n) is 5.45. The lowest BCUT2D eigenvalue weighted by atomic mass is 10.00. The van der Waals surface area contributed by atoms with Crippen molar-refractivity contribution in [2.24, 2.45) is 0 Å². The topological polar surface area (TPSA) is 37.9 Å². The predicted molar refractivity (Wildman–Crippen MR) is 68.1 cm³/mol. The molecule has 84 valence electrons. The number of H-pyrrole nitrogens is 1. The molecule has 0 fully saturated rings. The maximum absolute atomic E-state index is 5.38. The summed E-state index contributed by atoms with van der Waals surface area (Å²) in [6, 6.07) is 12.3. The van der Waals surface area contributed by atoms with Crippen LogP contribution < -0.4 is 4.74 Å². The van der Waals surface area contributed by atoms with Gasteiger partial charge in [-0.05, 0) is 23.1 Å². The molecule has 0 saturated heterocycles. The number of hydrogen-bond donors (Lipinski definition) is 1. The van der Waals surface area contributed by atoms with Crippen molar-refractivity contribution in [3.05, 3.63) is 48.8 Å². The molecule has 0 radical (unpaired) electrons. The van der Waals surface area contributed by atoms with E-state index in [0.717, 1.165) is 22.3 Å². The highest BCUT2D eigenvalue weighted by Crippen LogP contribution is 2.33. The van der Waals surface area contributed by atoms with Gasteiger partial charge in [0.15, 0.2) is 0 Å². The Morgan fingerprint density at radius 3 is 2.59 bits per heavy atom. The molecule has 17 heavy (non-hydrogen) atoms. The Balaban J connectivity index is 2.34. The van der Waals surface area contributed by atoms with Crippen molar-refractivity contribution in [2.45, 2.75) is 0 Å². The zero-order valence-electron chi connectivity index (χ0n) is 9.47. The average Bonchev–Trinajstić information content (AvgIpc) is 2.91. The minimum Gasteiger partial charge on any atom is -0.496 e. The van der Waals surface area contributed by atoms with Gasteiger partial charge in [-0.1, -0.05) is 24.3 Å². The Bertz CT molecular complexity index is 644. The Morgan fingerprint density at radius 2 is 1.88 bits per heavy atom. The van der Waals surface area contributed by atoms with Crippen molar-refractivity contribution < 1.29 is 4.74 Å². The summed E-state index contributed by atoms with van der Waals surface area (Å²) in [4.78, 5) is 0. The lowest BCUT2D eigenvalue weighted by Crippen LogP contribution is -1.86. The first kappa shape index (κ1) is 9.90. The number of hydrogen-bond acceptors (Lipinski definition) is 2. The van der Waals surface area contributed by atoms with Gasteiger partial charge in [-0.15, -0.1) is 0 Å². The summed E-state index contributed by atoms with van der Waals surface area (Å²) >= 11 is 0. The highest BCUT2D eigenvalue weighted by Gasteiger charge is 2.07. The number of benzene rings is 2. The molecule has 1 aromatic heterocycles. The minimum absolute atomic E-state index is 0.896. The molecule has 0 amide bonds. The van der Waals surface area contributed by atoms with Gasteiger partial charge >= 0.3 is 0 Å². The molecule has 0 saturated carbocycles. The summed E-state index contributed by atoms with van der Waals surface area (Å²) in [6.45, 7) is 0. The third-order valence-electron chi connectivity index (χ3n) is 2.91. The Kier molecular flexibility index (Phi) is 2.29. The zero-order chi connectivity index (χ0) is 11.7. The van der Waals surface area contributed by atoms with Crippen LogP contribution >= 0.6 is 0 Å². The molecule has 0 atom stereocenters. The summed E-state index contributed by atoms with van der Waals surface area (Å²) < 4.78 is 5.38. The number of aromatic amines is 1. The van der Waals surface area contributed by atoms with Crippen LogP contribution in [-0.2, 0) is 0 Å². The van der Waals surface area contributed by atoms with Crippen LogP contribution in [0.4, 0.5) is 0 Å². The average molecular weight is 224 g/mol. The van der Waals surface area contributed by atoms with Crippen LogP contribution in [0.5, 0.6) is 5.75 Å². The van der Waals surface area contributed by atoms with Crippen LogP contribution in [0.2, 0.25) is 0 Å². The summed E-state index contributed by atoms with van der Waals surface area (Å²) in [7, 11) is 1.69. The predicted octanol–water partition coefficient (Wildman–Crippen LogP) is 3.24. The standard InChI is InChI=1S/C14H12N2O/c1-17-14-7-6-11(10-8-15-16-9-10)12-4-2-3-5-13(12)14/h2-9H,1H3,(H,15,16). The largest absolute Gasteiger partial charge is 0.496 e. The van der Waals surface area contributed by atoms with E-state index in [4.69, 9.17) is 4.74 Å². The molecule has 0 unspecified atom stereocenters. The molecule has 0 spiro atoms. The van der Waals surface area contributed by atoms with Gasteiger partial charge in [0.25, 0.3) is 0 Å². The van der Waals surface area contributed by atoms with E-state index in [9.17, 15) is 0 Å². The normalized spacial score (nSPS) is 10.6. The number of methoxy groups -OCH3 is 1. The van der Waals surface area contributed by atoms with Gasteiger partial charge in [0.1, 0.15) is 5.75 Å². The van der Waals surface area contributed by atoms with E-state index in [0.29, 0.717) is 0 Å². The Morgan fingerprint density at radius 1 is 1.06 bits per heavy atom. The monoisotopic (exact) mass is 224 g/mol. The lowest BCUT2D eigenvalue weighted by Gasteiger charge is -2.08. The van der Waals surface area contributed by atoms with Gasteiger partial charge in [0, 0.05) is 17.1 Å². The molecular weight excluding hydrogens is 212 g/mol. The third kappa shape index (κ3) is 1.56. The van der Waals surface area contributed by atoms with Crippen LogP contribution in [0.3, 0.4) is 0 Å². The van der Waals surface area contributed by atoms with E-state index < -0.39 is 0 Å².